The zero-order valence-electron chi connectivity index (χ0n) is 13.4. The van der Waals surface area contributed by atoms with E-state index >= 15 is 0 Å². The van der Waals surface area contributed by atoms with E-state index in [4.69, 9.17) is 0 Å². The van der Waals surface area contributed by atoms with Crippen molar-refractivity contribution >= 4 is 17.2 Å². The van der Waals surface area contributed by atoms with Gasteiger partial charge in [-0.1, -0.05) is 30.3 Å². The maximum absolute atomic E-state index is 12.5. The molecule has 0 spiro atoms. The first kappa shape index (κ1) is 17.7. The van der Waals surface area contributed by atoms with Crippen LogP contribution in [0, 0.1) is 0 Å². The van der Waals surface area contributed by atoms with Crippen molar-refractivity contribution < 1.29 is 9.90 Å². The Balaban J connectivity index is 2.02. The minimum Gasteiger partial charge on any atom is -0.387 e. The van der Waals surface area contributed by atoms with Crippen LogP contribution in [0.5, 0.6) is 0 Å². The van der Waals surface area contributed by atoms with Crippen LogP contribution in [0.25, 0.3) is 0 Å². The van der Waals surface area contributed by atoms with E-state index in [2.05, 4.69) is 5.32 Å². The van der Waals surface area contributed by atoms with Gasteiger partial charge in [0.2, 0.25) is 5.91 Å². The fourth-order valence-corrected chi connectivity index (χ4v) is 3.12. The summed E-state index contributed by atoms with van der Waals surface area (Å²) in [7, 11) is 1.88. The lowest BCUT2D eigenvalue weighted by atomic mass is 10.1. The molecule has 2 N–H and O–H groups in total. The molecule has 0 aliphatic carbocycles. The molecule has 1 atom stereocenters. The van der Waals surface area contributed by atoms with Crippen molar-refractivity contribution in [1.29, 1.82) is 0 Å². The average molecular weight is 332 g/mol. The Morgan fingerprint density at radius 2 is 2.09 bits per heavy atom. The predicted molar refractivity (Wildman–Crippen MR) is 94.3 cm³/mol. The highest BCUT2D eigenvalue weighted by Gasteiger charge is 2.19. The summed E-state index contributed by atoms with van der Waals surface area (Å²) in [4.78, 5) is 14.3. The van der Waals surface area contributed by atoms with E-state index in [1.807, 2.05) is 54.2 Å². The first-order chi connectivity index (χ1) is 11.2. The van der Waals surface area contributed by atoms with Gasteiger partial charge in [-0.2, -0.15) is 11.3 Å². The summed E-state index contributed by atoms with van der Waals surface area (Å²) in [5.74, 6) is 0.0818. The number of aliphatic hydroxyl groups is 1. The molecule has 2 rings (SSSR count). The number of nitrogens with one attached hydrogen (secondary N) is 1. The number of benzene rings is 1. The maximum Gasteiger partial charge on any atom is 0.223 e. The van der Waals surface area contributed by atoms with E-state index in [0.717, 1.165) is 24.1 Å². The molecular formula is C18H24N2O2S. The molecule has 0 aliphatic rings. The molecule has 5 heteroatoms. The molecule has 1 aromatic carbocycles. The number of hydrogen-bond acceptors (Lipinski definition) is 4. The molecule has 1 aromatic heterocycles. The van der Waals surface area contributed by atoms with Crippen LogP contribution in [0.2, 0.25) is 0 Å². The Hall–Kier alpha value is -1.69. The van der Waals surface area contributed by atoms with Gasteiger partial charge in [0.1, 0.15) is 0 Å². The summed E-state index contributed by atoms with van der Waals surface area (Å²) < 4.78 is 0. The van der Waals surface area contributed by atoms with Crippen LogP contribution >= 0.6 is 11.3 Å². The second kappa shape index (κ2) is 9.45. The van der Waals surface area contributed by atoms with Crippen molar-refractivity contribution in [3.8, 4) is 0 Å². The minimum absolute atomic E-state index is 0.0818. The van der Waals surface area contributed by atoms with Crippen LogP contribution in [0.3, 0.4) is 0 Å². The molecule has 0 saturated heterocycles. The summed E-state index contributed by atoms with van der Waals surface area (Å²) in [6.07, 6.45) is 0.650. The Labute approximate surface area is 141 Å². The number of carbonyl (C=O) groups excluding carboxylic acids is 1. The van der Waals surface area contributed by atoms with E-state index < -0.39 is 6.10 Å². The molecular weight excluding hydrogens is 308 g/mol. The van der Waals surface area contributed by atoms with E-state index in [0.29, 0.717) is 19.5 Å². The van der Waals surface area contributed by atoms with Crippen LogP contribution in [0.15, 0.2) is 47.2 Å². The molecule has 23 heavy (non-hydrogen) atoms. The van der Waals surface area contributed by atoms with Crippen molar-refractivity contribution in [2.45, 2.75) is 25.5 Å². The normalized spacial score (nSPS) is 12.1. The lowest BCUT2D eigenvalue weighted by Gasteiger charge is -2.25. The van der Waals surface area contributed by atoms with Crippen LogP contribution in [0.1, 0.15) is 30.1 Å². The summed E-state index contributed by atoms with van der Waals surface area (Å²) in [6.45, 7) is 1.67. The van der Waals surface area contributed by atoms with E-state index in [1.165, 1.54) is 0 Å². The second-order valence-electron chi connectivity index (χ2n) is 5.54. The topological polar surface area (TPSA) is 52.6 Å². The van der Waals surface area contributed by atoms with Crippen LogP contribution < -0.4 is 5.32 Å². The number of hydrogen-bond donors (Lipinski definition) is 2. The smallest absolute Gasteiger partial charge is 0.223 e. The molecule has 1 unspecified atom stereocenters. The molecule has 1 amide bonds. The van der Waals surface area contributed by atoms with E-state index in [1.54, 1.807) is 16.2 Å². The van der Waals surface area contributed by atoms with Crippen molar-refractivity contribution in [2.75, 3.05) is 20.1 Å². The minimum atomic E-state index is -0.641. The molecule has 0 aliphatic heterocycles. The summed E-state index contributed by atoms with van der Waals surface area (Å²) >= 11 is 1.55. The zero-order chi connectivity index (χ0) is 16.5. The van der Waals surface area contributed by atoms with Crippen molar-refractivity contribution in [3.63, 3.8) is 0 Å². The Morgan fingerprint density at radius 1 is 1.30 bits per heavy atom. The highest BCUT2D eigenvalue weighted by Crippen LogP contribution is 2.19. The third kappa shape index (κ3) is 5.78. The number of aliphatic hydroxyl groups excluding tert-OH is 1. The fourth-order valence-electron chi connectivity index (χ4n) is 2.41. The molecule has 1 heterocycles. The largest absolute Gasteiger partial charge is 0.387 e. The first-order valence-corrected chi connectivity index (χ1v) is 8.81. The van der Waals surface area contributed by atoms with Gasteiger partial charge in [0.25, 0.3) is 0 Å². The number of nitrogens with zero attached hydrogens (tertiary/aromatic N) is 1. The quantitative estimate of drug-likeness (QED) is 0.694. The Morgan fingerprint density at radius 3 is 2.74 bits per heavy atom. The van der Waals surface area contributed by atoms with Crippen molar-refractivity contribution in [2.24, 2.45) is 0 Å². The van der Waals surface area contributed by atoms with Gasteiger partial charge in [0, 0.05) is 13.0 Å². The van der Waals surface area contributed by atoms with E-state index in [9.17, 15) is 9.90 Å². The SMILES string of the molecule is CNCCCC(=O)N(Cc1ccccc1)CC(O)c1ccsc1. The highest BCUT2D eigenvalue weighted by atomic mass is 32.1. The first-order valence-electron chi connectivity index (χ1n) is 7.87. The van der Waals surface area contributed by atoms with Crippen molar-refractivity contribution in [1.82, 2.24) is 10.2 Å². The zero-order valence-corrected chi connectivity index (χ0v) is 14.3. The van der Waals surface area contributed by atoms with Crippen LogP contribution in [0.4, 0.5) is 0 Å². The number of rotatable bonds is 9. The van der Waals surface area contributed by atoms with Gasteiger partial charge in [-0.05, 0) is 48.0 Å². The van der Waals surface area contributed by atoms with Crippen molar-refractivity contribution in [3.05, 3.63) is 58.3 Å². The fraction of sp³-hybridized carbons (Fsp3) is 0.389. The molecule has 0 bridgehead atoms. The second-order valence-corrected chi connectivity index (χ2v) is 6.32. The van der Waals surface area contributed by atoms with Gasteiger partial charge < -0.3 is 15.3 Å². The highest BCUT2D eigenvalue weighted by molar-refractivity contribution is 7.07. The van der Waals surface area contributed by atoms with Gasteiger partial charge >= 0.3 is 0 Å². The Kier molecular flexibility index (Phi) is 7.26. The number of carbonyl (C=O) groups is 1. The maximum atomic E-state index is 12.5. The Bertz CT molecular complexity index is 572. The van der Waals surface area contributed by atoms with Crippen LogP contribution in [-0.4, -0.2) is 36.1 Å². The molecule has 0 fully saturated rings. The van der Waals surface area contributed by atoms with Gasteiger partial charge in [-0.15, -0.1) is 0 Å². The van der Waals surface area contributed by atoms with E-state index in [-0.39, 0.29) is 5.91 Å². The third-order valence-electron chi connectivity index (χ3n) is 3.71. The predicted octanol–water partition coefficient (Wildman–Crippen LogP) is 2.81. The standard InChI is InChI=1S/C18H24N2O2S/c1-19-10-5-8-18(22)20(12-15-6-3-2-4-7-15)13-17(21)16-9-11-23-14-16/h2-4,6-7,9,11,14,17,19,21H,5,8,10,12-13H2,1H3. The van der Waals surface area contributed by atoms with Gasteiger partial charge in [0.05, 0.1) is 12.6 Å². The summed E-state index contributed by atoms with van der Waals surface area (Å²) in [6, 6.07) is 11.8. The average Bonchev–Trinajstić information content (AvgIpc) is 3.10. The summed E-state index contributed by atoms with van der Waals surface area (Å²) in [5, 5.41) is 17.3. The lowest BCUT2D eigenvalue weighted by molar-refractivity contribution is -0.133. The van der Waals surface area contributed by atoms with Gasteiger partial charge in [0.15, 0.2) is 0 Å². The third-order valence-corrected chi connectivity index (χ3v) is 4.41. The van der Waals surface area contributed by atoms with Gasteiger partial charge in [-0.3, -0.25) is 4.79 Å². The molecule has 2 aromatic rings. The number of thiophene rings is 1. The number of amides is 1. The molecule has 0 radical (unpaired) electrons. The molecule has 4 nitrogen and oxygen atoms in total. The summed E-state index contributed by atoms with van der Waals surface area (Å²) in [5.41, 5.74) is 1.95. The molecule has 0 saturated carbocycles. The molecule has 124 valence electrons. The monoisotopic (exact) mass is 332 g/mol. The van der Waals surface area contributed by atoms with Crippen LogP contribution in [-0.2, 0) is 11.3 Å². The van der Waals surface area contributed by atoms with Gasteiger partial charge in [-0.25, -0.2) is 0 Å². The lowest BCUT2D eigenvalue weighted by Crippen LogP contribution is -2.34.